The van der Waals surface area contributed by atoms with E-state index in [9.17, 15) is 9.18 Å². The van der Waals surface area contributed by atoms with E-state index in [-0.39, 0.29) is 11.4 Å². The molecule has 1 fully saturated rings. The summed E-state index contributed by atoms with van der Waals surface area (Å²) in [6, 6.07) is 16.5. The summed E-state index contributed by atoms with van der Waals surface area (Å²) in [7, 11) is 1.67. The number of ether oxygens (including phenoxy) is 1. The fourth-order valence-corrected chi connectivity index (χ4v) is 5.70. The number of aromatic nitrogens is 2. The van der Waals surface area contributed by atoms with Gasteiger partial charge in [-0.05, 0) is 67.2 Å². The molecule has 5 nitrogen and oxygen atoms in total. The lowest BCUT2D eigenvalue weighted by Crippen LogP contribution is -2.32. The number of methoxy groups -OCH3 is 1. The monoisotopic (exact) mass is 489 g/mol. The van der Waals surface area contributed by atoms with Crippen LogP contribution >= 0.6 is 11.3 Å². The fraction of sp³-hybridized carbons (Fsp3) is 0.286. The molecule has 7 heteroatoms. The molecule has 0 amide bonds. The van der Waals surface area contributed by atoms with E-state index < -0.39 is 0 Å². The Kier molecular flexibility index (Phi) is 6.79. The summed E-state index contributed by atoms with van der Waals surface area (Å²) in [6.07, 6.45) is 4.76. The smallest absolute Gasteiger partial charge is 0.258 e. The molecule has 1 saturated heterocycles. The third-order valence-electron chi connectivity index (χ3n) is 6.54. The van der Waals surface area contributed by atoms with Gasteiger partial charge < -0.3 is 9.64 Å². The highest BCUT2D eigenvalue weighted by molar-refractivity contribution is 7.17. The van der Waals surface area contributed by atoms with Crippen LogP contribution in [0.4, 0.5) is 4.39 Å². The summed E-state index contributed by atoms with van der Waals surface area (Å²) in [4.78, 5) is 21.1. The molecule has 0 spiro atoms. The van der Waals surface area contributed by atoms with Gasteiger partial charge in [-0.25, -0.2) is 9.37 Å². The van der Waals surface area contributed by atoms with Gasteiger partial charge in [-0.15, -0.1) is 11.3 Å². The zero-order valence-corrected chi connectivity index (χ0v) is 20.8. The van der Waals surface area contributed by atoms with Crippen LogP contribution in [0.25, 0.3) is 10.5 Å². The van der Waals surface area contributed by atoms with Crippen LogP contribution in [0.3, 0.4) is 0 Å². The largest absolute Gasteiger partial charge is 0.497 e. The van der Waals surface area contributed by atoms with Crippen molar-refractivity contribution >= 4 is 21.9 Å². The molecular weight excluding hydrogens is 461 g/mol. The van der Waals surface area contributed by atoms with E-state index in [1.54, 1.807) is 28.9 Å². The van der Waals surface area contributed by atoms with Crippen LogP contribution in [0, 0.1) is 12.7 Å². The molecule has 2 aromatic heterocycles. The molecule has 0 radical (unpaired) electrons. The second kappa shape index (κ2) is 10.1. The van der Waals surface area contributed by atoms with Crippen molar-refractivity contribution in [3.63, 3.8) is 0 Å². The third-order valence-corrected chi connectivity index (χ3v) is 7.58. The van der Waals surface area contributed by atoms with E-state index in [1.165, 1.54) is 28.2 Å². The molecule has 2 aromatic carbocycles. The van der Waals surface area contributed by atoms with Crippen molar-refractivity contribution < 1.29 is 9.13 Å². The highest BCUT2D eigenvalue weighted by Crippen LogP contribution is 2.33. The maximum absolute atomic E-state index is 13.6. The predicted octanol–water partition coefficient (Wildman–Crippen LogP) is 5.35. The number of rotatable bonds is 6. The number of piperidine rings is 1. The SMILES string of the molecule is COc1ccc(C(=C2CCN(CCc3cn4c(=O)cc(C)nc4s3)CC2)c2ccc(F)cc2)cc1. The zero-order chi connectivity index (χ0) is 24.4. The van der Waals surface area contributed by atoms with Crippen molar-refractivity contribution in [3.8, 4) is 5.75 Å². The molecule has 0 atom stereocenters. The van der Waals surface area contributed by atoms with Gasteiger partial charge in [0.1, 0.15) is 11.6 Å². The number of thiazole rings is 1. The first kappa shape index (κ1) is 23.5. The van der Waals surface area contributed by atoms with Gasteiger partial charge in [-0.1, -0.05) is 29.8 Å². The summed E-state index contributed by atoms with van der Waals surface area (Å²) in [6.45, 7) is 4.74. The molecule has 35 heavy (non-hydrogen) atoms. The van der Waals surface area contributed by atoms with Crippen molar-refractivity contribution in [3.05, 3.63) is 104 Å². The van der Waals surface area contributed by atoms with E-state index in [2.05, 4.69) is 22.0 Å². The van der Waals surface area contributed by atoms with Crippen molar-refractivity contribution in [1.82, 2.24) is 14.3 Å². The minimum absolute atomic E-state index is 0.0189. The van der Waals surface area contributed by atoms with Gasteiger partial charge in [0.15, 0.2) is 4.96 Å². The van der Waals surface area contributed by atoms with E-state index in [0.29, 0.717) is 0 Å². The number of halogens is 1. The lowest BCUT2D eigenvalue weighted by molar-refractivity contribution is 0.260. The zero-order valence-electron chi connectivity index (χ0n) is 20.0. The topological polar surface area (TPSA) is 46.8 Å². The van der Waals surface area contributed by atoms with Crippen molar-refractivity contribution in [2.45, 2.75) is 26.2 Å². The van der Waals surface area contributed by atoms with Crippen LogP contribution < -0.4 is 10.3 Å². The maximum atomic E-state index is 13.6. The van der Waals surface area contributed by atoms with Crippen LogP contribution in [0.15, 0.2) is 71.2 Å². The predicted molar refractivity (Wildman–Crippen MR) is 139 cm³/mol. The Morgan fingerprint density at radius 1 is 1.06 bits per heavy atom. The van der Waals surface area contributed by atoms with Crippen LogP contribution in [0.5, 0.6) is 5.75 Å². The van der Waals surface area contributed by atoms with Gasteiger partial charge in [-0.3, -0.25) is 9.20 Å². The van der Waals surface area contributed by atoms with E-state index in [4.69, 9.17) is 4.74 Å². The lowest BCUT2D eigenvalue weighted by Gasteiger charge is -2.30. The number of nitrogens with zero attached hydrogens (tertiary/aromatic N) is 3. The Balaban J connectivity index is 1.32. The molecule has 5 rings (SSSR count). The Labute approximate surface area is 208 Å². The number of likely N-dealkylation sites (tertiary alicyclic amines) is 1. The minimum atomic E-state index is -0.225. The third kappa shape index (κ3) is 5.21. The number of aryl methyl sites for hydroxylation is 1. The Bertz CT molecular complexity index is 1410. The number of benzene rings is 2. The highest BCUT2D eigenvalue weighted by Gasteiger charge is 2.19. The minimum Gasteiger partial charge on any atom is -0.497 e. The molecule has 4 aromatic rings. The normalized spacial score (nSPS) is 14.4. The maximum Gasteiger partial charge on any atom is 0.258 e. The Hall–Kier alpha value is -3.29. The molecule has 180 valence electrons. The van der Waals surface area contributed by atoms with Gasteiger partial charge in [0.25, 0.3) is 5.56 Å². The van der Waals surface area contributed by atoms with Gasteiger partial charge in [0, 0.05) is 42.5 Å². The first-order valence-electron chi connectivity index (χ1n) is 11.8. The molecule has 0 bridgehead atoms. The Morgan fingerprint density at radius 3 is 2.37 bits per heavy atom. The highest BCUT2D eigenvalue weighted by atomic mass is 32.1. The first-order valence-corrected chi connectivity index (χ1v) is 12.7. The van der Waals surface area contributed by atoms with Crippen LogP contribution in [-0.4, -0.2) is 41.0 Å². The molecular formula is C28H28FN3O2S. The molecule has 3 heterocycles. The van der Waals surface area contributed by atoms with Crippen molar-refractivity contribution in [2.75, 3.05) is 26.7 Å². The van der Waals surface area contributed by atoms with Crippen molar-refractivity contribution in [1.29, 1.82) is 0 Å². The average Bonchev–Trinajstić information content (AvgIpc) is 3.28. The molecule has 1 aliphatic heterocycles. The summed E-state index contributed by atoms with van der Waals surface area (Å²) >= 11 is 1.59. The second-order valence-corrected chi connectivity index (χ2v) is 9.99. The standard InChI is InChI=1S/C28H28FN3O2S/c1-19-17-26(33)32-18-25(35-28(32)30-19)13-16-31-14-11-22(12-15-31)27(20-3-7-23(29)8-4-20)21-5-9-24(34-2)10-6-21/h3-10,17-18H,11-16H2,1-2H3. The molecule has 0 saturated carbocycles. The molecule has 0 aliphatic carbocycles. The summed E-state index contributed by atoms with van der Waals surface area (Å²) in [5, 5.41) is 0. The van der Waals surface area contributed by atoms with Gasteiger partial charge in [0.2, 0.25) is 0 Å². The molecule has 0 unspecified atom stereocenters. The van der Waals surface area contributed by atoms with E-state index >= 15 is 0 Å². The lowest BCUT2D eigenvalue weighted by atomic mass is 9.88. The van der Waals surface area contributed by atoms with Gasteiger partial charge in [-0.2, -0.15) is 0 Å². The number of hydrogen-bond donors (Lipinski definition) is 0. The second-order valence-electron chi connectivity index (χ2n) is 8.89. The fourth-order valence-electron chi connectivity index (χ4n) is 4.69. The molecule has 0 N–H and O–H groups in total. The summed E-state index contributed by atoms with van der Waals surface area (Å²) < 4.78 is 20.6. The average molecular weight is 490 g/mol. The Morgan fingerprint density at radius 2 is 1.71 bits per heavy atom. The van der Waals surface area contributed by atoms with Crippen molar-refractivity contribution in [2.24, 2.45) is 0 Å². The summed E-state index contributed by atoms with van der Waals surface area (Å²) in [5.41, 5.74) is 5.49. The quantitative estimate of drug-likeness (QED) is 0.366. The molecule has 1 aliphatic rings. The van der Waals surface area contributed by atoms with Crippen LogP contribution in [0.2, 0.25) is 0 Å². The first-order chi connectivity index (χ1) is 17.0. The van der Waals surface area contributed by atoms with Crippen LogP contribution in [-0.2, 0) is 6.42 Å². The van der Waals surface area contributed by atoms with Gasteiger partial charge in [0.05, 0.1) is 7.11 Å². The number of fused-ring (bicyclic) bond motifs is 1. The number of hydrogen-bond acceptors (Lipinski definition) is 5. The van der Waals surface area contributed by atoms with E-state index in [0.717, 1.165) is 66.4 Å². The van der Waals surface area contributed by atoms with Crippen LogP contribution in [0.1, 0.15) is 34.5 Å². The van der Waals surface area contributed by atoms with E-state index in [1.807, 2.05) is 37.4 Å². The summed E-state index contributed by atoms with van der Waals surface area (Å²) in [5.74, 6) is 0.595. The van der Waals surface area contributed by atoms with Gasteiger partial charge >= 0.3 is 0 Å².